The number of pyridine rings is 1. The molecule has 39 heavy (non-hydrogen) atoms. The van der Waals surface area contributed by atoms with Crippen molar-refractivity contribution in [2.24, 2.45) is 5.92 Å². The molecule has 4 heterocycles. The van der Waals surface area contributed by atoms with E-state index < -0.39 is 5.97 Å². The molecule has 3 aromatic rings. The SMILES string of the molecule is CCN1CCC(Nc2cnc3c(c2)c(NC(=O)[C@H]2CCOC2)c(C(=O)OC)n3CCCc2ccccc2)CC1. The molecule has 0 radical (unpaired) electrons. The van der Waals surface area contributed by atoms with Crippen LogP contribution in [0.2, 0.25) is 0 Å². The Morgan fingerprint density at radius 2 is 1.95 bits per heavy atom. The Kier molecular flexibility index (Phi) is 8.78. The predicted octanol–water partition coefficient (Wildman–Crippen LogP) is 4.33. The van der Waals surface area contributed by atoms with E-state index in [0.29, 0.717) is 49.2 Å². The van der Waals surface area contributed by atoms with Crippen molar-refractivity contribution in [1.29, 1.82) is 0 Å². The van der Waals surface area contributed by atoms with Crippen LogP contribution < -0.4 is 10.6 Å². The van der Waals surface area contributed by atoms with E-state index in [-0.39, 0.29) is 11.8 Å². The first kappa shape index (κ1) is 27.1. The van der Waals surface area contributed by atoms with Gasteiger partial charge in [0.25, 0.3) is 0 Å². The Morgan fingerprint density at radius 3 is 2.64 bits per heavy atom. The fraction of sp³-hybridized carbons (Fsp3) is 0.500. The molecule has 1 aromatic carbocycles. The van der Waals surface area contributed by atoms with Gasteiger partial charge in [-0.2, -0.15) is 0 Å². The largest absolute Gasteiger partial charge is 0.464 e. The molecule has 0 spiro atoms. The van der Waals surface area contributed by atoms with E-state index in [4.69, 9.17) is 14.5 Å². The van der Waals surface area contributed by atoms with Crippen LogP contribution in [0.25, 0.3) is 11.0 Å². The predicted molar refractivity (Wildman–Crippen MR) is 152 cm³/mol. The lowest BCUT2D eigenvalue weighted by Crippen LogP contribution is -2.38. The number of carbonyl (C=O) groups excluding carboxylic acids is 2. The quantitative estimate of drug-likeness (QED) is 0.375. The van der Waals surface area contributed by atoms with E-state index >= 15 is 0 Å². The van der Waals surface area contributed by atoms with Gasteiger partial charge in [-0.3, -0.25) is 4.79 Å². The third kappa shape index (κ3) is 6.25. The van der Waals surface area contributed by atoms with Crippen molar-refractivity contribution in [2.45, 2.75) is 51.6 Å². The van der Waals surface area contributed by atoms with Crippen molar-refractivity contribution in [3.8, 4) is 0 Å². The average molecular weight is 534 g/mol. The summed E-state index contributed by atoms with van der Waals surface area (Å²) in [5, 5.41) is 7.45. The van der Waals surface area contributed by atoms with Crippen molar-refractivity contribution in [3.05, 3.63) is 53.9 Å². The molecule has 2 aromatic heterocycles. The van der Waals surface area contributed by atoms with Gasteiger partial charge in [-0.05, 0) is 50.3 Å². The number of rotatable bonds is 10. The molecule has 2 saturated heterocycles. The molecule has 2 fully saturated rings. The summed E-state index contributed by atoms with van der Waals surface area (Å²) in [7, 11) is 1.37. The topological polar surface area (TPSA) is 97.7 Å². The molecular formula is C30H39N5O4. The van der Waals surface area contributed by atoms with E-state index in [1.807, 2.05) is 35.0 Å². The summed E-state index contributed by atoms with van der Waals surface area (Å²) in [5.41, 5.74) is 3.57. The highest BCUT2D eigenvalue weighted by Gasteiger charge is 2.30. The minimum Gasteiger partial charge on any atom is -0.464 e. The Hall–Kier alpha value is -3.43. The molecule has 208 valence electrons. The first-order valence-corrected chi connectivity index (χ1v) is 14.1. The van der Waals surface area contributed by atoms with Crippen LogP contribution in [0.1, 0.15) is 48.7 Å². The van der Waals surface area contributed by atoms with Crippen LogP contribution in [0.5, 0.6) is 0 Å². The second-order valence-electron chi connectivity index (χ2n) is 10.5. The number of amides is 1. The average Bonchev–Trinajstić information content (AvgIpc) is 3.61. The van der Waals surface area contributed by atoms with E-state index in [1.165, 1.54) is 12.7 Å². The number of aryl methyl sites for hydroxylation is 2. The molecule has 9 heteroatoms. The number of piperidine rings is 1. The maximum atomic E-state index is 13.2. The zero-order valence-corrected chi connectivity index (χ0v) is 22.9. The summed E-state index contributed by atoms with van der Waals surface area (Å²) in [6.07, 6.45) is 6.28. The minimum atomic E-state index is -0.493. The second kappa shape index (κ2) is 12.6. The van der Waals surface area contributed by atoms with Crippen LogP contribution in [-0.4, -0.2) is 72.3 Å². The lowest BCUT2D eigenvalue weighted by Gasteiger charge is -2.31. The summed E-state index contributed by atoms with van der Waals surface area (Å²) < 4.78 is 12.5. The van der Waals surface area contributed by atoms with Gasteiger partial charge in [0, 0.05) is 37.7 Å². The number of methoxy groups -OCH3 is 1. The van der Waals surface area contributed by atoms with Gasteiger partial charge < -0.3 is 29.6 Å². The Morgan fingerprint density at radius 1 is 1.15 bits per heavy atom. The van der Waals surface area contributed by atoms with Crippen LogP contribution in [0, 0.1) is 5.92 Å². The molecular weight excluding hydrogens is 494 g/mol. The van der Waals surface area contributed by atoms with Gasteiger partial charge in [0.05, 0.1) is 37.2 Å². The number of hydrogen-bond donors (Lipinski definition) is 2. The number of nitrogens with zero attached hydrogens (tertiary/aromatic N) is 3. The standard InChI is InChI=1S/C30H39N5O4/c1-3-34-15-11-23(12-16-34)32-24-18-25-26(33-29(36)22-13-17-39-20-22)27(30(37)38-2)35(28(25)31-19-24)14-7-10-21-8-5-4-6-9-21/h4-6,8-9,18-19,22-23,32H,3,7,10-17,20H2,1-2H3,(H,33,36)/t22-/m0/s1. The van der Waals surface area contributed by atoms with Crippen LogP contribution in [0.4, 0.5) is 11.4 Å². The van der Waals surface area contributed by atoms with Gasteiger partial charge >= 0.3 is 5.97 Å². The highest BCUT2D eigenvalue weighted by Crippen LogP contribution is 2.34. The molecule has 1 amide bonds. The summed E-state index contributed by atoms with van der Waals surface area (Å²) in [6, 6.07) is 12.6. The smallest absolute Gasteiger partial charge is 0.356 e. The second-order valence-corrected chi connectivity index (χ2v) is 10.5. The monoisotopic (exact) mass is 533 g/mol. The summed E-state index contributed by atoms with van der Waals surface area (Å²) in [6.45, 7) is 6.92. The van der Waals surface area contributed by atoms with Crippen molar-refractivity contribution in [2.75, 3.05) is 50.6 Å². The maximum Gasteiger partial charge on any atom is 0.356 e. The van der Waals surface area contributed by atoms with Crippen molar-refractivity contribution in [1.82, 2.24) is 14.5 Å². The first-order chi connectivity index (χ1) is 19.1. The first-order valence-electron chi connectivity index (χ1n) is 14.1. The zero-order valence-electron chi connectivity index (χ0n) is 22.9. The number of nitrogens with one attached hydrogen (secondary N) is 2. The molecule has 2 aliphatic heterocycles. The molecule has 0 aliphatic carbocycles. The highest BCUT2D eigenvalue weighted by molar-refractivity contribution is 6.11. The molecule has 0 unspecified atom stereocenters. The van der Waals surface area contributed by atoms with Crippen LogP contribution in [0.3, 0.4) is 0 Å². The lowest BCUT2D eigenvalue weighted by atomic mass is 10.0. The maximum absolute atomic E-state index is 13.2. The van der Waals surface area contributed by atoms with E-state index in [1.54, 1.807) is 0 Å². The highest BCUT2D eigenvalue weighted by atomic mass is 16.5. The Balaban J connectivity index is 1.47. The van der Waals surface area contributed by atoms with Gasteiger partial charge in [-0.25, -0.2) is 9.78 Å². The zero-order chi connectivity index (χ0) is 27.2. The third-order valence-electron chi connectivity index (χ3n) is 7.92. The fourth-order valence-corrected chi connectivity index (χ4v) is 5.64. The van der Waals surface area contributed by atoms with Crippen LogP contribution in [-0.2, 0) is 27.2 Å². The number of esters is 1. The van der Waals surface area contributed by atoms with Gasteiger partial charge in [0.2, 0.25) is 5.91 Å². The van der Waals surface area contributed by atoms with Crippen molar-refractivity contribution < 1.29 is 19.1 Å². The van der Waals surface area contributed by atoms with Gasteiger partial charge in [-0.1, -0.05) is 37.3 Å². The summed E-state index contributed by atoms with van der Waals surface area (Å²) in [4.78, 5) is 33.6. The molecule has 5 rings (SSSR count). The molecule has 2 aliphatic rings. The van der Waals surface area contributed by atoms with E-state index in [2.05, 4.69) is 34.6 Å². The third-order valence-corrected chi connectivity index (χ3v) is 7.92. The molecule has 0 saturated carbocycles. The summed E-state index contributed by atoms with van der Waals surface area (Å²) >= 11 is 0. The lowest BCUT2D eigenvalue weighted by molar-refractivity contribution is -0.119. The number of fused-ring (bicyclic) bond motifs is 1. The normalized spacial score (nSPS) is 18.4. The Bertz CT molecular complexity index is 1280. The van der Waals surface area contributed by atoms with Crippen LogP contribution in [0.15, 0.2) is 42.6 Å². The number of anilines is 2. The summed E-state index contributed by atoms with van der Waals surface area (Å²) in [5.74, 6) is -0.886. The molecule has 1 atom stereocenters. The fourth-order valence-electron chi connectivity index (χ4n) is 5.64. The Labute approximate surface area is 229 Å². The number of benzene rings is 1. The number of carbonyl (C=O) groups is 2. The molecule has 9 nitrogen and oxygen atoms in total. The molecule has 2 N–H and O–H groups in total. The van der Waals surface area contributed by atoms with Gasteiger partial charge in [-0.15, -0.1) is 0 Å². The number of aromatic nitrogens is 2. The van der Waals surface area contributed by atoms with Crippen LogP contribution >= 0.6 is 0 Å². The number of ether oxygens (including phenoxy) is 2. The minimum absolute atomic E-state index is 0.147. The van der Waals surface area contributed by atoms with E-state index in [0.717, 1.165) is 56.4 Å². The molecule has 0 bridgehead atoms. The van der Waals surface area contributed by atoms with Gasteiger partial charge in [0.15, 0.2) is 5.69 Å². The number of hydrogen-bond acceptors (Lipinski definition) is 7. The number of likely N-dealkylation sites (tertiary alicyclic amines) is 1. The van der Waals surface area contributed by atoms with E-state index in [9.17, 15) is 9.59 Å². The van der Waals surface area contributed by atoms with Crippen molar-refractivity contribution >= 4 is 34.3 Å². The van der Waals surface area contributed by atoms with Crippen molar-refractivity contribution in [3.63, 3.8) is 0 Å². The van der Waals surface area contributed by atoms with Gasteiger partial charge in [0.1, 0.15) is 5.65 Å².